The monoisotopic (exact) mass is 581 g/mol. The molecule has 154 valence electrons. The molecule has 0 fully saturated rings. The third kappa shape index (κ3) is 3.39. The number of hydrogen-bond acceptors (Lipinski definition) is 5. The molecule has 0 saturated carbocycles. The molecule has 0 amide bonds. The zero-order valence-electron chi connectivity index (χ0n) is 16.8. The number of furan rings is 1. The van der Waals surface area contributed by atoms with Gasteiger partial charge in [0, 0.05) is 25.6 Å². The van der Waals surface area contributed by atoms with Crippen LogP contribution in [-0.2, 0) is 35.2 Å². The Balaban J connectivity index is 0.00000218. The van der Waals surface area contributed by atoms with Gasteiger partial charge < -0.3 is 23.0 Å². The number of ether oxygens (including phenoxy) is 2. The van der Waals surface area contributed by atoms with E-state index >= 15 is 0 Å². The van der Waals surface area contributed by atoms with E-state index in [0.29, 0.717) is 34.4 Å². The number of aromatic nitrogens is 4. The zero-order chi connectivity index (χ0) is 20.1. The summed E-state index contributed by atoms with van der Waals surface area (Å²) in [5.41, 5.74) is 3.27. The fourth-order valence-electron chi connectivity index (χ4n) is 3.05. The van der Waals surface area contributed by atoms with Crippen LogP contribution in [0.1, 0.15) is 11.4 Å². The second kappa shape index (κ2) is 7.65. The van der Waals surface area contributed by atoms with E-state index < -0.39 is 0 Å². The van der Waals surface area contributed by atoms with Gasteiger partial charge in [0.1, 0.15) is 0 Å². The Kier molecular flexibility index (Phi) is 5.16. The Morgan fingerprint density at radius 3 is 1.57 bits per heavy atom. The first-order valence-electron chi connectivity index (χ1n) is 9.12. The van der Waals surface area contributed by atoms with Crippen LogP contribution in [-0.4, -0.2) is 19.1 Å². The van der Waals surface area contributed by atoms with Crippen molar-refractivity contribution in [2.24, 2.45) is 14.1 Å². The minimum Gasteiger partial charge on any atom is -0.564 e. The summed E-state index contributed by atoms with van der Waals surface area (Å²) in [5, 5.41) is 1.54. The topological polar surface area (TPSA) is 67.2 Å². The van der Waals surface area contributed by atoms with E-state index in [1.807, 2.05) is 61.3 Å². The summed E-state index contributed by atoms with van der Waals surface area (Å²) in [4.78, 5) is 8.54. The molecule has 0 saturated heterocycles. The molecule has 0 spiro atoms. The van der Waals surface area contributed by atoms with Crippen molar-refractivity contribution in [1.82, 2.24) is 19.1 Å². The number of benzene rings is 2. The van der Waals surface area contributed by atoms with Crippen molar-refractivity contribution in [3.05, 3.63) is 60.4 Å². The van der Waals surface area contributed by atoms with Crippen LogP contribution in [0.3, 0.4) is 0 Å². The van der Waals surface area contributed by atoms with E-state index in [2.05, 4.69) is 22.1 Å². The number of fused-ring (bicyclic) bond motifs is 3. The minimum absolute atomic E-state index is 0. The summed E-state index contributed by atoms with van der Waals surface area (Å²) in [6.45, 7) is 3.90. The summed E-state index contributed by atoms with van der Waals surface area (Å²) in [7, 11) is 3.84. The van der Waals surface area contributed by atoms with Gasteiger partial charge in [-0.05, 0) is 25.0 Å². The molecular formula is C22H18N4O3Pt. The van der Waals surface area contributed by atoms with Crippen molar-refractivity contribution in [1.29, 1.82) is 0 Å². The molecule has 0 unspecified atom stereocenters. The van der Waals surface area contributed by atoms with Crippen LogP contribution in [0.15, 0.2) is 41.3 Å². The zero-order valence-corrected chi connectivity index (χ0v) is 19.1. The molecule has 3 heterocycles. The molecule has 5 aromatic rings. The van der Waals surface area contributed by atoms with Crippen molar-refractivity contribution >= 4 is 21.9 Å². The molecule has 7 nitrogen and oxygen atoms in total. The van der Waals surface area contributed by atoms with Gasteiger partial charge >= 0.3 is 21.1 Å². The van der Waals surface area contributed by atoms with Gasteiger partial charge in [-0.3, -0.25) is 0 Å². The van der Waals surface area contributed by atoms with E-state index in [1.54, 1.807) is 12.7 Å². The number of hydrogen-bond donors (Lipinski definition) is 0. The normalized spacial score (nSPS) is 11.1. The fraction of sp³-hybridized carbons (Fsp3) is 0.182. The second-order valence-corrected chi connectivity index (χ2v) is 6.92. The molecule has 0 bridgehead atoms. The average Bonchev–Trinajstić information content (AvgIpc) is 3.34. The van der Waals surface area contributed by atoms with Crippen LogP contribution in [0.4, 0.5) is 0 Å². The SMILES string of the molecule is Cc1c(Oc2[c-]c3c(cc2)oc2ccc(Oc4ncn(C)c4C)[c-]c23)ncn1C.[Pt+2]. The summed E-state index contributed by atoms with van der Waals surface area (Å²) in [5.74, 6) is 2.22. The van der Waals surface area contributed by atoms with E-state index in [9.17, 15) is 0 Å². The molecule has 0 atom stereocenters. The Morgan fingerprint density at radius 2 is 1.20 bits per heavy atom. The Morgan fingerprint density at radius 1 is 0.767 bits per heavy atom. The van der Waals surface area contributed by atoms with Gasteiger partial charge in [0.05, 0.1) is 24.0 Å². The van der Waals surface area contributed by atoms with Gasteiger partial charge in [0.25, 0.3) is 0 Å². The predicted octanol–water partition coefficient (Wildman–Crippen LogP) is 4.85. The minimum atomic E-state index is 0. The van der Waals surface area contributed by atoms with Crippen molar-refractivity contribution in [2.75, 3.05) is 0 Å². The van der Waals surface area contributed by atoms with Crippen LogP contribution in [0.2, 0.25) is 0 Å². The van der Waals surface area contributed by atoms with E-state index in [1.165, 1.54) is 0 Å². The van der Waals surface area contributed by atoms with Gasteiger partial charge in [-0.1, -0.05) is 12.1 Å². The number of aryl methyl sites for hydroxylation is 2. The van der Waals surface area contributed by atoms with Crippen molar-refractivity contribution in [3.8, 4) is 23.3 Å². The van der Waals surface area contributed by atoms with Gasteiger partial charge in [-0.25, -0.2) is 9.97 Å². The van der Waals surface area contributed by atoms with E-state index in [4.69, 9.17) is 13.9 Å². The summed E-state index contributed by atoms with van der Waals surface area (Å²) >= 11 is 0. The Labute approximate surface area is 187 Å². The molecule has 0 N–H and O–H groups in total. The maximum atomic E-state index is 5.91. The van der Waals surface area contributed by atoms with Crippen LogP contribution in [0, 0.1) is 26.0 Å². The quantitative estimate of drug-likeness (QED) is 0.284. The molecule has 8 heteroatoms. The van der Waals surface area contributed by atoms with Gasteiger partial charge in [-0.15, -0.1) is 24.3 Å². The third-order valence-electron chi connectivity index (χ3n) is 5.02. The predicted molar refractivity (Wildman–Crippen MR) is 107 cm³/mol. The van der Waals surface area contributed by atoms with E-state index in [0.717, 1.165) is 22.2 Å². The summed E-state index contributed by atoms with van der Waals surface area (Å²) in [6, 6.07) is 13.9. The Bertz CT molecular complexity index is 1260. The summed E-state index contributed by atoms with van der Waals surface area (Å²) in [6.07, 6.45) is 3.43. The van der Waals surface area contributed by atoms with Gasteiger partial charge in [0.15, 0.2) is 0 Å². The molecule has 0 aliphatic carbocycles. The molecule has 0 aliphatic rings. The molecule has 2 aromatic carbocycles. The maximum Gasteiger partial charge on any atom is 2.00 e. The number of rotatable bonds is 4. The second-order valence-electron chi connectivity index (χ2n) is 6.92. The first kappa shape index (κ1) is 20.2. The molecule has 0 aliphatic heterocycles. The average molecular weight is 581 g/mol. The maximum absolute atomic E-state index is 5.91. The smallest absolute Gasteiger partial charge is 0.564 e. The van der Waals surface area contributed by atoms with Crippen LogP contribution in [0.5, 0.6) is 23.3 Å². The summed E-state index contributed by atoms with van der Waals surface area (Å²) < 4.78 is 21.5. The van der Waals surface area contributed by atoms with Crippen LogP contribution < -0.4 is 9.47 Å². The van der Waals surface area contributed by atoms with Crippen molar-refractivity contribution in [2.45, 2.75) is 13.8 Å². The number of imidazole rings is 2. The largest absolute Gasteiger partial charge is 2.00 e. The van der Waals surface area contributed by atoms with Crippen LogP contribution in [0.25, 0.3) is 21.9 Å². The molecule has 0 radical (unpaired) electrons. The molecule has 30 heavy (non-hydrogen) atoms. The van der Waals surface area contributed by atoms with Crippen molar-refractivity contribution < 1.29 is 35.0 Å². The molecule has 3 aromatic heterocycles. The first-order valence-corrected chi connectivity index (χ1v) is 9.12. The van der Waals surface area contributed by atoms with Gasteiger partial charge in [0.2, 0.25) is 11.8 Å². The van der Waals surface area contributed by atoms with Crippen molar-refractivity contribution in [3.63, 3.8) is 0 Å². The first-order chi connectivity index (χ1) is 14.0. The molecule has 5 rings (SSSR count). The van der Waals surface area contributed by atoms with E-state index in [-0.39, 0.29) is 21.1 Å². The van der Waals surface area contributed by atoms with Gasteiger partial charge in [-0.2, -0.15) is 10.8 Å². The fourth-order valence-corrected chi connectivity index (χ4v) is 3.05. The molecular weight excluding hydrogens is 563 g/mol. The third-order valence-corrected chi connectivity index (χ3v) is 5.02. The Hall–Kier alpha value is -3.05. The number of nitrogens with zero attached hydrogens (tertiary/aromatic N) is 4. The standard InChI is InChI=1S/C22H18N4O3.Pt/c1-13-21(23-11-25(13)3)27-15-5-7-19-17(9-15)18-10-16(6-8-20(18)29-19)28-22-14(2)26(4)12-24-22;/h5-8,11-12H,1-4H3;/q-2;+2. The van der Waals surface area contributed by atoms with Crippen LogP contribution >= 0.6 is 0 Å².